The van der Waals surface area contributed by atoms with E-state index in [9.17, 15) is 24.9 Å². The monoisotopic (exact) mass is 410 g/mol. The number of ether oxygens (including phenoxy) is 2. The van der Waals surface area contributed by atoms with Crippen molar-refractivity contribution in [1.82, 2.24) is 0 Å². The number of carbonyl (C=O) groups is 2. The van der Waals surface area contributed by atoms with Crippen LogP contribution in [0.25, 0.3) is 0 Å². The van der Waals surface area contributed by atoms with Gasteiger partial charge in [-0.1, -0.05) is 26.8 Å². The molecule has 2 aliphatic carbocycles. The number of esters is 1. The molecule has 0 bridgehead atoms. The van der Waals surface area contributed by atoms with Crippen LogP contribution < -0.4 is 0 Å². The smallest absolute Gasteiger partial charge is 0.303 e. The van der Waals surface area contributed by atoms with E-state index < -0.39 is 63.6 Å². The van der Waals surface area contributed by atoms with Crippen LogP contribution in [0.2, 0.25) is 0 Å². The Morgan fingerprint density at radius 2 is 1.83 bits per heavy atom. The van der Waals surface area contributed by atoms with E-state index in [0.717, 1.165) is 0 Å². The van der Waals surface area contributed by atoms with Crippen molar-refractivity contribution in [3.8, 4) is 0 Å². The van der Waals surface area contributed by atoms with Gasteiger partial charge >= 0.3 is 5.97 Å². The highest BCUT2D eigenvalue weighted by atomic mass is 16.6. The van der Waals surface area contributed by atoms with E-state index in [0.29, 0.717) is 12.8 Å². The first-order valence-corrected chi connectivity index (χ1v) is 10.2. The van der Waals surface area contributed by atoms with Gasteiger partial charge in [0, 0.05) is 24.7 Å². The lowest BCUT2D eigenvalue weighted by molar-refractivity contribution is -0.370. The number of carbonyl (C=O) groups excluding carboxylic acids is 2. The quantitative estimate of drug-likeness (QED) is 0.467. The van der Waals surface area contributed by atoms with Gasteiger partial charge in [0.2, 0.25) is 0 Å². The van der Waals surface area contributed by atoms with Gasteiger partial charge in [0.25, 0.3) is 0 Å². The molecule has 0 aromatic heterocycles. The van der Waals surface area contributed by atoms with E-state index >= 15 is 0 Å². The third-order valence-electron chi connectivity index (χ3n) is 8.02. The molecule has 1 saturated heterocycles. The van der Waals surface area contributed by atoms with E-state index in [1.807, 2.05) is 13.8 Å². The van der Waals surface area contributed by atoms with Crippen LogP contribution in [0.15, 0.2) is 12.7 Å². The predicted octanol–water partition coefficient (Wildman–Crippen LogP) is 1.52. The van der Waals surface area contributed by atoms with Crippen molar-refractivity contribution < 1.29 is 34.4 Å². The molecule has 2 saturated carbocycles. The summed E-state index contributed by atoms with van der Waals surface area (Å²) >= 11 is 0. The second-order valence-electron chi connectivity index (χ2n) is 10.4. The summed E-state index contributed by atoms with van der Waals surface area (Å²) in [5.41, 5.74) is -7.00. The molecule has 0 unspecified atom stereocenters. The molecule has 0 amide bonds. The lowest BCUT2D eigenvalue weighted by atomic mass is 9.40. The predicted molar refractivity (Wildman–Crippen MR) is 105 cm³/mol. The number of Topliss-reactive ketones (excluding diaryl/α,β-unsaturated/α-hetero) is 1. The first kappa shape index (κ1) is 22.4. The van der Waals surface area contributed by atoms with Crippen LogP contribution in [-0.4, -0.2) is 62.2 Å². The van der Waals surface area contributed by atoms with Gasteiger partial charge < -0.3 is 24.8 Å². The fraction of sp³-hybridized carbons (Fsp3) is 0.818. The molecule has 7 nitrogen and oxygen atoms in total. The maximum absolute atomic E-state index is 13.6. The van der Waals surface area contributed by atoms with Crippen molar-refractivity contribution in [1.29, 1.82) is 0 Å². The Hall–Kier alpha value is -1.28. The summed E-state index contributed by atoms with van der Waals surface area (Å²) < 4.78 is 11.8. The Bertz CT molecular complexity index is 747. The van der Waals surface area contributed by atoms with Gasteiger partial charge in [-0.25, -0.2) is 0 Å². The average molecular weight is 411 g/mol. The first-order chi connectivity index (χ1) is 13.1. The Labute approximate surface area is 172 Å². The highest BCUT2D eigenvalue weighted by Gasteiger charge is 2.81. The normalized spacial score (nSPS) is 51.6. The minimum absolute atomic E-state index is 0.138. The van der Waals surface area contributed by atoms with Gasteiger partial charge in [-0.3, -0.25) is 9.59 Å². The summed E-state index contributed by atoms with van der Waals surface area (Å²) in [5.74, 6) is -1.87. The van der Waals surface area contributed by atoms with Gasteiger partial charge in [-0.2, -0.15) is 0 Å². The van der Waals surface area contributed by atoms with E-state index in [-0.39, 0.29) is 6.42 Å². The molecular weight excluding hydrogens is 376 g/mol. The number of ketones is 1. The highest BCUT2D eigenvalue weighted by molar-refractivity contribution is 5.92. The molecule has 29 heavy (non-hydrogen) atoms. The number of fused-ring (bicyclic) bond motifs is 3. The fourth-order valence-electron chi connectivity index (χ4n) is 6.66. The lowest BCUT2D eigenvalue weighted by Crippen LogP contribution is -2.86. The van der Waals surface area contributed by atoms with Crippen LogP contribution in [0.4, 0.5) is 0 Å². The van der Waals surface area contributed by atoms with Crippen molar-refractivity contribution >= 4 is 11.8 Å². The van der Waals surface area contributed by atoms with E-state index in [4.69, 9.17) is 9.47 Å². The van der Waals surface area contributed by atoms with Gasteiger partial charge in [0.1, 0.15) is 5.60 Å². The van der Waals surface area contributed by atoms with Crippen LogP contribution in [0.1, 0.15) is 60.8 Å². The third-order valence-corrected chi connectivity index (χ3v) is 8.02. The van der Waals surface area contributed by atoms with Gasteiger partial charge in [0.05, 0.1) is 17.8 Å². The maximum atomic E-state index is 13.6. The zero-order chi connectivity index (χ0) is 22.2. The SMILES string of the molecule is C=C[C@@]1(C)CC(=O)[C@]2(O)[C@]3(C)[C@H]([C@@H](O)[C@@H](OC(C)=O)[C@@]2(C)O1)C(C)(C)CC[C@@H]3O. The largest absolute Gasteiger partial charge is 0.457 e. The zero-order valence-electron chi connectivity index (χ0n) is 18.2. The molecule has 0 aromatic rings. The Balaban J connectivity index is 2.33. The van der Waals surface area contributed by atoms with Crippen LogP contribution in [0.3, 0.4) is 0 Å². The average Bonchev–Trinajstić information content (AvgIpc) is 2.59. The van der Waals surface area contributed by atoms with Crippen molar-refractivity contribution in [2.75, 3.05) is 0 Å². The lowest BCUT2D eigenvalue weighted by Gasteiger charge is -2.71. The van der Waals surface area contributed by atoms with Gasteiger partial charge in [0.15, 0.2) is 17.5 Å². The summed E-state index contributed by atoms with van der Waals surface area (Å²) in [5, 5.41) is 34.7. The van der Waals surface area contributed by atoms with Crippen LogP contribution in [0.5, 0.6) is 0 Å². The molecule has 1 heterocycles. The molecule has 0 radical (unpaired) electrons. The van der Waals surface area contributed by atoms with Crippen LogP contribution in [0, 0.1) is 16.7 Å². The summed E-state index contributed by atoms with van der Waals surface area (Å²) in [7, 11) is 0. The summed E-state index contributed by atoms with van der Waals surface area (Å²) in [6, 6.07) is 0. The number of hydrogen-bond donors (Lipinski definition) is 3. The molecule has 3 aliphatic rings. The Kier molecular flexibility index (Phi) is 4.91. The molecule has 0 spiro atoms. The molecule has 3 fully saturated rings. The molecule has 7 heteroatoms. The maximum Gasteiger partial charge on any atom is 0.303 e. The summed E-state index contributed by atoms with van der Waals surface area (Å²) in [4.78, 5) is 25.5. The van der Waals surface area contributed by atoms with E-state index in [1.165, 1.54) is 19.9 Å². The topological polar surface area (TPSA) is 113 Å². The van der Waals surface area contributed by atoms with Gasteiger partial charge in [-0.15, -0.1) is 6.58 Å². The number of rotatable bonds is 2. The molecule has 3 N–H and O–H groups in total. The zero-order valence-corrected chi connectivity index (χ0v) is 18.2. The number of aliphatic hydroxyl groups is 3. The molecule has 8 atom stereocenters. The summed E-state index contributed by atoms with van der Waals surface area (Å²) in [6.07, 6.45) is -1.29. The first-order valence-electron chi connectivity index (χ1n) is 10.2. The minimum Gasteiger partial charge on any atom is -0.457 e. The molecule has 164 valence electrons. The molecule has 3 rings (SSSR count). The van der Waals surface area contributed by atoms with Crippen molar-refractivity contribution in [3.05, 3.63) is 12.7 Å². The number of hydrogen-bond acceptors (Lipinski definition) is 7. The summed E-state index contributed by atoms with van der Waals surface area (Å²) in [6.45, 7) is 13.6. The minimum atomic E-state index is -2.18. The fourth-order valence-corrected chi connectivity index (χ4v) is 6.66. The van der Waals surface area contributed by atoms with Crippen LogP contribution in [-0.2, 0) is 19.1 Å². The molecule has 0 aromatic carbocycles. The highest BCUT2D eigenvalue weighted by Crippen LogP contribution is 2.66. The van der Waals surface area contributed by atoms with Crippen LogP contribution >= 0.6 is 0 Å². The second-order valence-corrected chi connectivity index (χ2v) is 10.4. The number of aliphatic hydroxyl groups excluding tert-OH is 2. The van der Waals surface area contributed by atoms with E-state index in [1.54, 1.807) is 13.8 Å². The van der Waals surface area contributed by atoms with E-state index in [2.05, 4.69) is 6.58 Å². The van der Waals surface area contributed by atoms with Crippen molar-refractivity contribution in [2.45, 2.75) is 95.9 Å². The Morgan fingerprint density at radius 1 is 1.24 bits per heavy atom. The third kappa shape index (κ3) is 2.63. The van der Waals surface area contributed by atoms with Crippen molar-refractivity contribution in [3.63, 3.8) is 0 Å². The molecule has 1 aliphatic heterocycles. The standard InChI is InChI=1S/C22H34O7/c1-8-19(5)11-14(25)22(27)20(6)13(24)9-10-18(3,4)16(20)15(26)17(28-12(2)23)21(22,7)29-19/h8,13,15-17,24,26-27H,1,9-11H2,2-7H3/t13-,15+,16+,17+,19-,20-,21+,22-/m0/s1. The van der Waals surface area contributed by atoms with Gasteiger partial charge in [-0.05, 0) is 32.1 Å². The van der Waals surface area contributed by atoms with Crippen molar-refractivity contribution in [2.24, 2.45) is 16.7 Å². The Morgan fingerprint density at radius 3 is 2.34 bits per heavy atom. The molecular formula is C22H34O7. The second kappa shape index (κ2) is 6.36.